The lowest BCUT2D eigenvalue weighted by Gasteiger charge is -2.34. The van der Waals surface area contributed by atoms with Gasteiger partial charge in [0.25, 0.3) is 0 Å². The minimum absolute atomic E-state index is 0.0347. The number of carbonyl (C=O) groups excluding carboxylic acids is 2. The first kappa shape index (κ1) is 23.7. The van der Waals surface area contributed by atoms with Crippen LogP contribution in [0.4, 0.5) is 10.1 Å². The van der Waals surface area contributed by atoms with Crippen LogP contribution in [0, 0.1) is 5.82 Å². The predicted molar refractivity (Wildman–Crippen MR) is 117 cm³/mol. The van der Waals surface area contributed by atoms with Crippen LogP contribution in [-0.2, 0) is 19.6 Å². The fraction of sp³-hybridized carbons (Fsp3) is 0.364. The third-order valence-corrected chi connectivity index (χ3v) is 7.26. The smallest absolute Gasteiger partial charge is 0.313 e. The summed E-state index contributed by atoms with van der Waals surface area (Å²) < 4.78 is 45.7. The van der Waals surface area contributed by atoms with Gasteiger partial charge in [-0.25, -0.2) is 12.8 Å². The number of amides is 2. The number of hydrogen-bond donors (Lipinski definition) is 2. The number of benzene rings is 2. The average molecular weight is 464 g/mol. The van der Waals surface area contributed by atoms with E-state index in [9.17, 15) is 22.4 Å². The molecule has 2 N–H and O–H groups in total. The summed E-state index contributed by atoms with van der Waals surface area (Å²) in [6.45, 7) is 0.499. The number of carbonyl (C=O) groups is 2. The molecule has 3 rings (SSSR count). The van der Waals surface area contributed by atoms with Gasteiger partial charge >= 0.3 is 11.8 Å². The third-order valence-electron chi connectivity index (χ3n) is 5.29. The second-order valence-corrected chi connectivity index (χ2v) is 9.34. The molecule has 1 saturated heterocycles. The zero-order valence-electron chi connectivity index (χ0n) is 17.7. The molecule has 0 aliphatic carbocycles. The fourth-order valence-corrected chi connectivity index (χ4v) is 5.37. The summed E-state index contributed by atoms with van der Waals surface area (Å²) in [6.07, 6.45) is 2.60. The Morgan fingerprint density at radius 2 is 1.88 bits per heavy atom. The number of methoxy groups -OCH3 is 1. The Kier molecular flexibility index (Phi) is 7.81. The van der Waals surface area contributed by atoms with Crippen LogP contribution in [0.3, 0.4) is 0 Å². The van der Waals surface area contributed by atoms with E-state index in [2.05, 4.69) is 10.6 Å². The molecule has 1 heterocycles. The highest BCUT2D eigenvalue weighted by Gasteiger charge is 2.33. The molecule has 2 aromatic carbocycles. The van der Waals surface area contributed by atoms with Crippen LogP contribution in [-0.4, -0.2) is 50.8 Å². The average Bonchev–Trinajstić information content (AvgIpc) is 2.79. The van der Waals surface area contributed by atoms with Gasteiger partial charge in [-0.3, -0.25) is 9.59 Å². The van der Waals surface area contributed by atoms with Gasteiger partial charge in [0.15, 0.2) is 0 Å². The molecule has 1 atom stereocenters. The Balaban J connectivity index is 1.56. The maximum absolute atomic E-state index is 13.2. The molecule has 172 valence electrons. The fourth-order valence-electron chi connectivity index (χ4n) is 3.64. The lowest BCUT2D eigenvalue weighted by molar-refractivity contribution is -0.136. The van der Waals surface area contributed by atoms with Crippen LogP contribution in [0.2, 0.25) is 0 Å². The van der Waals surface area contributed by atoms with Gasteiger partial charge in [-0.05, 0) is 55.7 Å². The highest BCUT2D eigenvalue weighted by molar-refractivity contribution is 7.89. The van der Waals surface area contributed by atoms with Gasteiger partial charge in [0.05, 0.1) is 12.0 Å². The van der Waals surface area contributed by atoms with Crippen molar-refractivity contribution < 1.29 is 27.1 Å². The summed E-state index contributed by atoms with van der Waals surface area (Å²) in [5.41, 5.74) is 0.424. The first-order valence-electron chi connectivity index (χ1n) is 10.3. The molecule has 0 unspecified atom stereocenters. The van der Waals surface area contributed by atoms with E-state index in [1.807, 2.05) is 0 Å². The van der Waals surface area contributed by atoms with E-state index in [4.69, 9.17) is 4.74 Å². The SMILES string of the molecule is COc1cccc(NC(=O)C(=O)NCC[C@@H]2CCCCN2S(=O)(=O)c2ccc(F)cc2)c1. The van der Waals surface area contributed by atoms with Gasteiger partial charge in [0.1, 0.15) is 11.6 Å². The highest BCUT2D eigenvalue weighted by Crippen LogP contribution is 2.27. The number of nitrogens with zero attached hydrogens (tertiary/aromatic N) is 1. The maximum atomic E-state index is 13.2. The van der Waals surface area contributed by atoms with Crippen molar-refractivity contribution in [2.24, 2.45) is 0 Å². The summed E-state index contributed by atoms with van der Waals surface area (Å²) in [5.74, 6) is -1.59. The van der Waals surface area contributed by atoms with Gasteiger partial charge in [-0.2, -0.15) is 4.31 Å². The van der Waals surface area contributed by atoms with Crippen molar-refractivity contribution in [3.8, 4) is 5.75 Å². The molecule has 0 saturated carbocycles. The van der Waals surface area contributed by atoms with Crippen LogP contribution in [0.25, 0.3) is 0 Å². The summed E-state index contributed by atoms with van der Waals surface area (Å²) in [7, 11) is -2.28. The normalized spacial score (nSPS) is 16.9. The molecule has 10 heteroatoms. The lowest BCUT2D eigenvalue weighted by atomic mass is 10.0. The van der Waals surface area contributed by atoms with Crippen molar-refractivity contribution in [3.05, 3.63) is 54.3 Å². The second-order valence-electron chi connectivity index (χ2n) is 7.45. The summed E-state index contributed by atoms with van der Waals surface area (Å²) in [6, 6.07) is 11.0. The summed E-state index contributed by atoms with van der Waals surface area (Å²) in [4.78, 5) is 24.3. The predicted octanol–water partition coefficient (Wildman–Crippen LogP) is 2.52. The topological polar surface area (TPSA) is 105 Å². The number of nitrogens with one attached hydrogen (secondary N) is 2. The molecule has 1 fully saturated rings. The van der Waals surface area contributed by atoms with E-state index in [-0.39, 0.29) is 17.5 Å². The molecule has 2 amide bonds. The summed E-state index contributed by atoms with van der Waals surface area (Å²) in [5, 5.41) is 5.04. The molecule has 0 radical (unpaired) electrons. The van der Waals surface area contributed by atoms with Crippen LogP contribution >= 0.6 is 0 Å². The van der Waals surface area contributed by atoms with Crippen LogP contribution < -0.4 is 15.4 Å². The number of hydrogen-bond acceptors (Lipinski definition) is 5. The van der Waals surface area contributed by atoms with Gasteiger partial charge in [0.2, 0.25) is 10.0 Å². The minimum Gasteiger partial charge on any atom is -0.497 e. The Bertz CT molecular complexity index is 1060. The second kappa shape index (κ2) is 10.6. The third kappa shape index (κ3) is 5.83. The van der Waals surface area contributed by atoms with Gasteiger partial charge in [-0.15, -0.1) is 0 Å². The van der Waals surface area contributed by atoms with E-state index >= 15 is 0 Å². The molecule has 1 aliphatic rings. The quantitative estimate of drug-likeness (QED) is 0.614. The standard InChI is InChI=1S/C22H26FN3O5S/c1-31-19-7-4-5-17(15-19)25-22(28)21(27)24-13-12-18-6-2-3-14-26(18)32(29,30)20-10-8-16(23)9-11-20/h4-5,7-11,15,18H,2-3,6,12-14H2,1H3,(H,24,27)(H,25,28)/t18-/m0/s1. The first-order chi connectivity index (χ1) is 15.3. The zero-order chi connectivity index (χ0) is 23.1. The van der Waals surface area contributed by atoms with Gasteiger partial charge in [0, 0.05) is 30.9 Å². The summed E-state index contributed by atoms with van der Waals surface area (Å²) >= 11 is 0. The Morgan fingerprint density at radius 3 is 2.59 bits per heavy atom. The van der Waals surface area contributed by atoms with Crippen molar-refractivity contribution in [2.75, 3.05) is 25.5 Å². The number of rotatable bonds is 7. The van der Waals surface area contributed by atoms with Crippen molar-refractivity contribution in [1.82, 2.24) is 9.62 Å². The van der Waals surface area contributed by atoms with E-state index in [1.54, 1.807) is 24.3 Å². The highest BCUT2D eigenvalue weighted by atomic mass is 32.2. The maximum Gasteiger partial charge on any atom is 0.313 e. The number of sulfonamides is 1. The van der Waals surface area contributed by atoms with Gasteiger partial charge < -0.3 is 15.4 Å². The Hall–Kier alpha value is -2.98. The van der Waals surface area contributed by atoms with Crippen molar-refractivity contribution in [3.63, 3.8) is 0 Å². The number of piperidine rings is 1. The minimum atomic E-state index is -3.78. The molecular weight excluding hydrogens is 437 g/mol. The van der Waals surface area contributed by atoms with Crippen LogP contribution in [0.1, 0.15) is 25.7 Å². The number of ether oxygens (including phenoxy) is 1. The van der Waals surface area contributed by atoms with E-state index in [1.165, 1.54) is 23.5 Å². The number of halogens is 1. The molecule has 0 aromatic heterocycles. The molecular formula is C22H26FN3O5S. The molecule has 0 spiro atoms. The van der Waals surface area contributed by atoms with Gasteiger partial charge in [-0.1, -0.05) is 12.5 Å². The number of anilines is 1. The zero-order valence-corrected chi connectivity index (χ0v) is 18.5. The van der Waals surface area contributed by atoms with Crippen LogP contribution in [0.15, 0.2) is 53.4 Å². The Labute approximate surface area is 186 Å². The van der Waals surface area contributed by atoms with Crippen molar-refractivity contribution in [1.29, 1.82) is 0 Å². The van der Waals surface area contributed by atoms with Crippen molar-refractivity contribution >= 4 is 27.5 Å². The molecule has 2 aromatic rings. The largest absolute Gasteiger partial charge is 0.497 e. The van der Waals surface area contributed by atoms with E-state index in [0.717, 1.165) is 25.0 Å². The molecule has 0 bridgehead atoms. The molecule has 1 aliphatic heterocycles. The first-order valence-corrected chi connectivity index (χ1v) is 11.8. The van der Waals surface area contributed by atoms with E-state index < -0.39 is 27.7 Å². The van der Waals surface area contributed by atoms with Crippen molar-refractivity contribution in [2.45, 2.75) is 36.6 Å². The van der Waals surface area contributed by atoms with Crippen LogP contribution in [0.5, 0.6) is 5.75 Å². The van der Waals surface area contributed by atoms with E-state index in [0.29, 0.717) is 30.8 Å². The molecule has 32 heavy (non-hydrogen) atoms. The Morgan fingerprint density at radius 1 is 1.12 bits per heavy atom. The monoisotopic (exact) mass is 463 g/mol. The lowest BCUT2D eigenvalue weighted by Crippen LogP contribution is -2.45. The molecule has 8 nitrogen and oxygen atoms in total.